The number of carbonyl (C=O) groups is 1. The molecule has 1 amide bonds. The molecule has 15 heavy (non-hydrogen) atoms. The van der Waals surface area contributed by atoms with Crippen molar-refractivity contribution in [2.24, 2.45) is 5.73 Å². The second kappa shape index (κ2) is 6.05. The second-order valence-corrected chi connectivity index (χ2v) is 2.92. The van der Waals surface area contributed by atoms with Gasteiger partial charge < -0.3 is 10.5 Å². The van der Waals surface area contributed by atoms with E-state index in [0.717, 1.165) is 0 Å². The van der Waals surface area contributed by atoms with Crippen molar-refractivity contribution in [1.82, 2.24) is 9.97 Å². The lowest BCUT2D eigenvalue weighted by Gasteiger charge is -2.11. The highest BCUT2D eigenvalue weighted by Gasteiger charge is 2.11. The monoisotopic (exact) mass is 210 g/mol. The quantitative estimate of drug-likeness (QED) is 0.701. The number of methoxy groups -OCH3 is 1. The Morgan fingerprint density at radius 2 is 2.27 bits per heavy atom. The SMILES string of the molecule is COC(CN)CC(=O)Nc1ncccn1. The number of hydrogen-bond acceptors (Lipinski definition) is 5. The van der Waals surface area contributed by atoms with E-state index >= 15 is 0 Å². The lowest BCUT2D eigenvalue weighted by Crippen LogP contribution is -2.28. The fraction of sp³-hybridized carbons (Fsp3) is 0.444. The zero-order valence-corrected chi connectivity index (χ0v) is 8.51. The van der Waals surface area contributed by atoms with Gasteiger partial charge in [0.05, 0.1) is 12.5 Å². The van der Waals surface area contributed by atoms with E-state index in [-0.39, 0.29) is 24.4 Å². The van der Waals surface area contributed by atoms with Gasteiger partial charge in [-0.1, -0.05) is 0 Å². The molecule has 0 saturated carbocycles. The highest BCUT2D eigenvalue weighted by molar-refractivity contribution is 5.89. The van der Waals surface area contributed by atoms with Gasteiger partial charge in [0, 0.05) is 26.0 Å². The third kappa shape index (κ3) is 4.01. The molecular formula is C9H14N4O2. The van der Waals surface area contributed by atoms with Crippen LogP contribution in [0.3, 0.4) is 0 Å². The van der Waals surface area contributed by atoms with Crippen LogP contribution in [0.1, 0.15) is 6.42 Å². The van der Waals surface area contributed by atoms with E-state index in [9.17, 15) is 4.79 Å². The van der Waals surface area contributed by atoms with Crippen LogP contribution in [0.25, 0.3) is 0 Å². The summed E-state index contributed by atoms with van der Waals surface area (Å²) in [5.74, 6) is 0.0767. The molecule has 0 fully saturated rings. The van der Waals surface area contributed by atoms with Gasteiger partial charge in [0.1, 0.15) is 0 Å². The highest BCUT2D eigenvalue weighted by atomic mass is 16.5. The Hall–Kier alpha value is -1.53. The molecule has 0 aliphatic rings. The number of hydrogen-bond donors (Lipinski definition) is 2. The summed E-state index contributed by atoms with van der Waals surface area (Å²) in [7, 11) is 1.52. The summed E-state index contributed by atoms with van der Waals surface area (Å²) in [5.41, 5.74) is 5.39. The number of rotatable bonds is 5. The zero-order chi connectivity index (χ0) is 11.1. The first-order chi connectivity index (χ1) is 7.26. The van der Waals surface area contributed by atoms with Crippen molar-refractivity contribution >= 4 is 11.9 Å². The normalized spacial score (nSPS) is 12.1. The predicted molar refractivity (Wildman–Crippen MR) is 55.1 cm³/mol. The predicted octanol–water partition coefficient (Wildman–Crippen LogP) is -0.221. The maximum Gasteiger partial charge on any atom is 0.229 e. The van der Waals surface area contributed by atoms with Crippen molar-refractivity contribution in [2.75, 3.05) is 19.0 Å². The second-order valence-electron chi connectivity index (χ2n) is 2.92. The van der Waals surface area contributed by atoms with Crippen LogP contribution >= 0.6 is 0 Å². The average Bonchev–Trinajstić information content (AvgIpc) is 2.27. The zero-order valence-electron chi connectivity index (χ0n) is 8.51. The summed E-state index contributed by atoms with van der Waals surface area (Å²) in [5, 5.41) is 2.54. The van der Waals surface area contributed by atoms with Crippen LogP contribution in [0, 0.1) is 0 Å². The van der Waals surface area contributed by atoms with Gasteiger partial charge in [0.25, 0.3) is 0 Å². The number of nitrogens with two attached hydrogens (primary N) is 1. The summed E-state index contributed by atoms with van der Waals surface area (Å²) in [6, 6.07) is 1.67. The van der Waals surface area contributed by atoms with E-state index in [4.69, 9.17) is 10.5 Å². The minimum absolute atomic E-state index is 0.200. The van der Waals surface area contributed by atoms with Crippen molar-refractivity contribution in [1.29, 1.82) is 0 Å². The van der Waals surface area contributed by atoms with Crippen LogP contribution in [0.2, 0.25) is 0 Å². The van der Waals surface area contributed by atoms with E-state index in [0.29, 0.717) is 6.54 Å². The molecule has 1 unspecified atom stereocenters. The van der Waals surface area contributed by atoms with Crippen molar-refractivity contribution < 1.29 is 9.53 Å². The number of nitrogens with zero attached hydrogens (tertiary/aromatic N) is 2. The molecule has 1 aromatic heterocycles. The maximum atomic E-state index is 11.4. The third-order valence-electron chi connectivity index (χ3n) is 1.83. The lowest BCUT2D eigenvalue weighted by molar-refractivity contribution is -0.118. The summed E-state index contributed by atoms with van der Waals surface area (Å²) in [4.78, 5) is 19.1. The topological polar surface area (TPSA) is 90.1 Å². The van der Waals surface area contributed by atoms with E-state index in [1.54, 1.807) is 18.5 Å². The Balaban J connectivity index is 2.43. The maximum absolute atomic E-state index is 11.4. The molecule has 3 N–H and O–H groups in total. The standard InChI is InChI=1S/C9H14N4O2/c1-15-7(6-10)5-8(14)13-9-11-3-2-4-12-9/h2-4,7H,5-6,10H2,1H3,(H,11,12,13,14). The molecule has 1 rings (SSSR count). The number of ether oxygens (including phenoxy) is 1. The fourth-order valence-corrected chi connectivity index (χ4v) is 1.01. The molecule has 1 heterocycles. The molecule has 0 aromatic carbocycles. The van der Waals surface area contributed by atoms with Crippen LogP contribution in [0.15, 0.2) is 18.5 Å². The van der Waals surface area contributed by atoms with Crippen LogP contribution in [-0.2, 0) is 9.53 Å². The minimum atomic E-state index is -0.270. The molecule has 0 aliphatic carbocycles. The lowest BCUT2D eigenvalue weighted by atomic mass is 10.2. The Bertz CT molecular complexity index is 300. The number of amides is 1. The molecule has 0 spiro atoms. The number of carbonyl (C=O) groups excluding carboxylic acids is 1. The molecule has 1 atom stereocenters. The molecule has 0 radical (unpaired) electrons. The minimum Gasteiger partial charge on any atom is -0.380 e. The average molecular weight is 210 g/mol. The van der Waals surface area contributed by atoms with Gasteiger partial charge in [-0.05, 0) is 6.07 Å². The molecule has 6 nitrogen and oxygen atoms in total. The van der Waals surface area contributed by atoms with Gasteiger partial charge >= 0.3 is 0 Å². The summed E-state index contributed by atoms with van der Waals surface area (Å²) < 4.78 is 4.98. The first-order valence-electron chi connectivity index (χ1n) is 4.56. The van der Waals surface area contributed by atoms with E-state index in [2.05, 4.69) is 15.3 Å². The van der Waals surface area contributed by atoms with E-state index in [1.165, 1.54) is 7.11 Å². The Morgan fingerprint density at radius 3 is 2.80 bits per heavy atom. The number of nitrogens with one attached hydrogen (secondary N) is 1. The molecule has 0 saturated heterocycles. The third-order valence-corrected chi connectivity index (χ3v) is 1.83. The van der Waals surface area contributed by atoms with Gasteiger partial charge in [-0.2, -0.15) is 0 Å². The van der Waals surface area contributed by atoms with Crippen LogP contribution < -0.4 is 11.1 Å². The number of aromatic nitrogens is 2. The van der Waals surface area contributed by atoms with Crippen LogP contribution in [0.5, 0.6) is 0 Å². The Kier molecular flexibility index (Phi) is 4.65. The van der Waals surface area contributed by atoms with Crippen molar-refractivity contribution in [3.8, 4) is 0 Å². The summed E-state index contributed by atoms with van der Waals surface area (Å²) in [6.45, 7) is 0.305. The van der Waals surface area contributed by atoms with E-state index in [1.807, 2.05) is 0 Å². The van der Waals surface area contributed by atoms with Crippen molar-refractivity contribution in [3.05, 3.63) is 18.5 Å². The van der Waals surface area contributed by atoms with Crippen LogP contribution in [0.4, 0.5) is 5.95 Å². The van der Waals surface area contributed by atoms with Gasteiger partial charge in [0.2, 0.25) is 11.9 Å². The molecular weight excluding hydrogens is 196 g/mol. The molecule has 0 bridgehead atoms. The molecule has 1 aromatic rings. The Labute approximate surface area is 87.9 Å². The molecule has 0 aliphatic heterocycles. The fourth-order valence-electron chi connectivity index (χ4n) is 1.01. The number of anilines is 1. The van der Waals surface area contributed by atoms with Gasteiger partial charge in [-0.15, -0.1) is 0 Å². The van der Waals surface area contributed by atoms with Gasteiger partial charge in [-0.25, -0.2) is 9.97 Å². The molecule has 82 valence electrons. The Morgan fingerprint density at radius 1 is 1.60 bits per heavy atom. The van der Waals surface area contributed by atoms with Crippen LogP contribution in [-0.4, -0.2) is 35.6 Å². The molecule has 6 heteroatoms. The summed E-state index contributed by atoms with van der Waals surface area (Å²) in [6.07, 6.45) is 3.04. The summed E-state index contributed by atoms with van der Waals surface area (Å²) >= 11 is 0. The highest BCUT2D eigenvalue weighted by Crippen LogP contribution is 1.99. The first kappa shape index (κ1) is 11.5. The largest absolute Gasteiger partial charge is 0.380 e. The van der Waals surface area contributed by atoms with Gasteiger partial charge in [0.15, 0.2) is 0 Å². The van der Waals surface area contributed by atoms with E-state index < -0.39 is 0 Å². The van der Waals surface area contributed by atoms with Gasteiger partial charge in [-0.3, -0.25) is 10.1 Å². The first-order valence-corrected chi connectivity index (χ1v) is 4.56. The van der Waals surface area contributed by atoms with Crippen molar-refractivity contribution in [3.63, 3.8) is 0 Å². The smallest absolute Gasteiger partial charge is 0.229 e. The van der Waals surface area contributed by atoms with Crippen molar-refractivity contribution in [2.45, 2.75) is 12.5 Å².